The number of carboxylic acid groups (broad SMARTS) is 1. The molecule has 0 aliphatic carbocycles. The first-order chi connectivity index (χ1) is 9.19. The fourth-order valence-electron chi connectivity index (χ4n) is 1.53. The molecule has 0 atom stereocenters. The van der Waals surface area contributed by atoms with Crippen LogP contribution in [0.1, 0.15) is 30.4 Å². The van der Waals surface area contributed by atoms with Crippen LogP contribution in [0.4, 0.5) is 0 Å². The molecule has 0 aliphatic rings. The number of aromatic carboxylic acids is 1. The highest BCUT2D eigenvalue weighted by molar-refractivity contribution is 7.89. The number of nitrogens with one attached hydrogen (secondary N) is 2. The van der Waals surface area contributed by atoms with Crippen LogP contribution in [0.25, 0.3) is 0 Å². The van der Waals surface area contributed by atoms with Crippen LogP contribution in [0.15, 0.2) is 17.2 Å². The molecule has 0 bridgehead atoms. The predicted octanol–water partition coefficient (Wildman–Crippen LogP) is -0.208. The van der Waals surface area contributed by atoms with Crippen LogP contribution in [-0.4, -0.2) is 43.6 Å². The summed E-state index contributed by atoms with van der Waals surface area (Å²) in [7, 11) is -2.55. The lowest BCUT2D eigenvalue weighted by molar-refractivity contribution is -0.119. The molecule has 20 heavy (non-hydrogen) atoms. The van der Waals surface area contributed by atoms with Crippen molar-refractivity contribution in [1.82, 2.24) is 14.6 Å². The van der Waals surface area contributed by atoms with E-state index in [9.17, 15) is 18.0 Å². The van der Waals surface area contributed by atoms with E-state index in [1.54, 1.807) is 13.8 Å². The highest BCUT2D eigenvalue weighted by Crippen LogP contribution is 2.18. The minimum absolute atomic E-state index is 0.125. The first-order valence-electron chi connectivity index (χ1n) is 5.84. The first kappa shape index (κ1) is 16.2. The number of likely N-dealkylation sites (N-methyl/N-ethyl adjacent to an activating group) is 1. The average Bonchev–Trinajstić information content (AvgIpc) is 2.82. The van der Waals surface area contributed by atoms with Crippen molar-refractivity contribution in [3.63, 3.8) is 0 Å². The molecule has 0 unspecified atom stereocenters. The summed E-state index contributed by atoms with van der Waals surface area (Å²) < 4.78 is 27.4. The van der Waals surface area contributed by atoms with Crippen LogP contribution in [0.3, 0.4) is 0 Å². The van der Waals surface area contributed by atoms with Crippen molar-refractivity contribution in [2.45, 2.75) is 24.8 Å². The highest BCUT2D eigenvalue weighted by Gasteiger charge is 2.22. The Bertz CT molecular complexity index is 618. The van der Waals surface area contributed by atoms with Gasteiger partial charge >= 0.3 is 5.97 Å². The summed E-state index contributed by atoms with van der Waals surface area (Å²) in [5.74, 6) is -1.71. The number of hydrogen-bond donors (Lipinski definition) is 3. The Hall–Kier alpha value is -1.87. The van der Waals surface area contributed by atoms with Crippen molar-refractivity contribution >= 4 is 21.9 Å². The first-order valence-corrected chi connectivity index (χ1v) is 7.32. The van der Waals surface area contributed by atoms with E-state index in [4.69, 9.17) is 5.11 Å². The second-order valence-electron chi connectivity index (χ2n) is 4.36. The number of carboxylic acids is 1. The Morgan fingerprint density at radius 1 is 1.40 bits per heavy atom. The van der Waals surface area contributed by atoms with E-state index in [2.05, 4.69) is 10.0 Å². The zero-order chi connectivity index (χ0) is 15.5. The molecule has 0 saturated carbocycles. The molecule has 0 saturated heterocycles. The molecular weight excluding hydrogens is 286 g/mol. The van der Waals surface area contributed by atoms with Crippen LogP contribution in [0.5, 0.6) is 0 Å². The lowest BCUT2D eigenvalue weighted by Gasteiger charge is -2.09. The molecule has 1 rings (SSSR count). The van der Waals surface area contributed by atoms with Crippen LogP contribution < -0.4 is 10.0 Å². The topological polar surface area (TPSA) is 118 Å². The van der Waals surface area contributed by atoms with E-state index in [0.29, 0.717) is 0 Å². The molecule has 1 heterocycles. The van der Waals surface area contributed by atoms with Gasteiger partial charge in [-0.25, -0.2) is 17.9 Å². The van der Waals surface area contributed by atoms with Gasteiger partial charge in [-0.3, -0.25) is 4.79 Å². The Morgan fingerprint density at radius 2 is 2.00 bits per heavy atom. The number of carbonyl (C=O) groups is 2. The zero-order valence-corrected chi connectivity index (χ0v) is 12.2. The van der Waals surface area contributed by atoms with Gasteiger partial charge in [-0.1, -0.05) is 0 Å². The fraction of sp³-hybridized carbons (Fsp3) is 0.455. The van der Waals surface area contributed by atoms with Crippen molar-refractivity contribution in [3.8, 4) is 0 Å². The van der Waals surface area contributed by atoms with Gasteiger partial charge < -0.3 is 15.0 Å². The summed E-state index contributed by atoms with van der Waals surface area (Å²) in [4.78, 5) is 21.9. The number of hydrogen-bond acceptors (Lipinski definition) is 4. The smallest absolute Gasteiger partial charge is 0.352 e. The number of nitrogens with zero attached hydrogens (tertiary/aromatic N) is 1. The van der Waals surface area contributed by atoms with E-state index in [1.807, 2.05) is 0 Å². The van der Waals surface area contributed by atoms with Gasteiger partial charge in [0.1, 0.15) is 10.6 Å². The van der Waals surface area contributed by atoms with E-state index in [1.165, 1.54) is 17.8 Å². The standard InChI is InChI=1S/C11H17N3O5S/c1-7(2)14-6-8(4-9(14)11(16)17)20(18,19)13-5-10(15)12-3/h4,6-7,13H,5H2,1-3H3,(H,12,15)(H,16,17). The molecule has 0 spiro atoms. The summed E-state index contributed by atoms with van der Waals surface area (Å²) in [6.07, 6.45) is 1.24. The molecule has 1 amide bonds. The Balaban J connectivity index is 3.10. The van der Waals surface area contributed by atoms with Gasteiger partial charge in [0.15, 0.2) is 0 Å². The Morgan fingerprint density at radius 3 is 2.40 bits per heavy atom. The molecule has 0 aromatic carbocycles. The number of carbonyl (C=O) groups excluding carboxylic acids is 1. The summed E-state index contributed by atoms with van der Waals surface area (Å²) in [6, 6.07) is 0.859. The van der Waals surface area contributed by atoms with Gasteiger partial charge in [-0.2, -0.15) is 0 Å². The highest BCUT2D eigenvalue weighted by atomic mass is 32.2. The lowest BCUT2D eigenvalue weighted by Crippen LogP contribution is -2.35. The van der Waals surface area contributed by atoms with Crippen LogP contribution in [0.2, 0.25) is 0 Å². The second kappa shape index (κ2) is 6.06. The van der Waals surface area contributed by atoms with E-state index in [-0.39, 0.29) is 16.6 Å². The van der Waals surface area contributed by atoms with Crippen molar-refractivity contribution in [2.24, 2.45) is 0 Å². The Kier molecular flexibility index (Phi) is 4.90. The van der Waals surface area contributed by atoms with Gasteiger partial charge in [0.05, 0.1) is 6.54 Å². The largest absolute Gasteiger partial charge is 0.477 e. The molecule has 3 N–H and O–H groups in total. The number of aromatic nitrogens is 1. The molecule has 0 fully saturated rings. The molecule has 1 aromatic rings. The third-order valence-electron chi connectivity index (χ3n) is 2.61. The molecule has 9 heteroatoms. The number of amides is 1. The zero-order valence-electron chi connectivity index (χ0n) is 11.4. The molecule has 0 aliphatic heterocycles. The molecule has 112 valence electrons. The van der Waals surface area contributed by atoms with Gasteiger partial charge in [0.2, 0.25) is 15.9 Å². The van der Waals surface area contributed by atoms with Gasteiger partial charge in [-0.15, -0.1) is 0 Å². The van der Waals surface area contributed by atoms with Crippen molar-refractivity contribution in [2.75, 3.05) is 13.6 Å². The summed E-state index contributed by atoms with van der Waals surface area (Å²) in [6.45, 7) is 3.07. The van der Waals surface area contributed by atoms with E-state index >= 15 is 0 Å². The maximum atomic E-state index is 12.0. The van der Waals surface area contributed by atoms with Gasteiger partial charge in [0.25, 0.3) is 0 Å². The molecule has 0 radical (unpaired) electrons. The van der Waals surface area contributed by atoms with Crippen molar-refractivity contribution in [1.29, 1.82) is 0 Å². The Labute approximate surface area is 116 Å². The van der Waals surface area contributed by atoms with Crippen LogP contribution in [-0.2, 0) is 14.8 Å². The third kappa shape index (κ3) is 3.58. The predicted molar refractivity (Wildman–Crippen MR) is 71.0 cm³/mol. The summed E-state index contributed by atoms with van der Waals surface area (Å²) in [5.41, 5.74) is -0.125. The normalized spacial score (nSPS) is 11.6. The quantitative estimate of drug-likeness (QED) is 0.672. The van der Waals surface area contributed by atoms with Crippen LogP contribution in [0, 0.1) is 0 Å². The minimum atomic E-state index is -3.93. The minimum Gasteiger partial charge on any atom is -0.477 e. The average molecular weight is 303 g/mol. The molecule has 1 aromatic heterocycles. The van der Waals surface area contributed by atoms with E-state index < -0.39 is 28.4 Å². The van der Waals surface area contributed by atoms with Gasteiger partial charge in [0, 0.05) is 19.3 Å². The maximum absolute atomic E-state index is 12.0. The SMILES string of the molecule is CNC(=O)CNS(=O)(=O)c1cc(C(=O)O)n(C(C)C)c1. The maximum Gasteiger partial charge on any atom is 0.352 e. The van der Waals surface area contributed by atoms with Crippen molar-refractivity contribution < 1.29 is 23.1 Å². The molecular formula is C11H17N3O5S. The summed E-state index contributed by atoms with van der Waals surface area (Å²) in [5, 5.41) is 11.3. The summed E-state index contributed by atoms with van der Waals surface area (Å²) >= 11 is 0. The lowest BCUT2D eigenvalue weighted by atomic mass is 10.3. The third-order valence-corrected chi connectivity index (χ3v) is 3.98. The monoisotopic (exact) mass is 303 g/mol. The van der Waals surface area contributed by atoms with Gasteiger partial charge in [-0.05, 0) is 19.9 Å². The second-order valence-corrected chi connectivity index (χ2v) is 6.13. The van der Waals surface area contributed by atoms with E-state index in [0.717, 1.165) is 6.07 Å². The van der Waals surface area contributed by atoms with Crippen LogP contribution >= 0.6 is 0 Å². The van der Waals surface area contributed by atoms with Crippen molar-refractivity contribution in [3.05, 3.63) is 18.0 Å². The number of rotatable bonds is 6. The number of sulfonamides is 1. The molecule has 8 nitrogen and oxygen atoms in total. The fourth-order valence-corrected chi connectivity index (χ4v) is 2.54.